The summed E-state index contributed by atoms with van der Waals surface area (Å²) in [4.78, 5) is 3.22. The second-order valence-electron chi connectivity index (χ2n) is 3.79. The maximum atomic E-state index is 5.85. The molecular weight excluding hydrogens is 160 g/mol. The Morgan fingerprint density at radius 2 is 2.15 bits per heavy atom. The van der Waals surface area contributed by atoms with Gasteiger partial charge >= 0.3 is 0 Å². The van der Waals surface area contributed by atoms with Gasteiger partial charge in [-0.1, -0.05) is 12.1 Å². The van der Waals surface area contributed by atoms with Gasteiger partial charge in [0.05, 0.1) is 0 Å². The van der Waals surface area contributed by atoms with Crippen molar-refractivity contribution >= 4 is 10.9 Å². The Balaban J connectivity index is 2.22. The highest BCUT2D eigenvalue weighted by atomic mass is 14.7. The van der Waals surface area contributed by atoms with E-state index in [2.05, 4.69) is 29.2 Å². The maximum absolute atomic E-state index is 5.85. The lowest BCUT2D eigenvalue weighted by molar-refractivity contribution is 0.998. The fourth-order valence-corrected chi connectivity index (χ4v) is 2.01. The minimum Gasteiger partial charge on any atom is -0.361 e. The molecule has 0 saturated heterocycles. The Morgan fingerprint density at radius 3 is 2.92 bits per heavy atom. The van der Waals surface area contributed by atoms with Crippen molar-refractivity contribution in [3.8, 4) is 0 Å². The van der Waals surface area contributed by atoms with Crippen molar-refractivity contribution < 1.29 is 0 Å². The first kappa shape index (κ1) is 7.15. The monoisotopic (exact) mass is 172 g/mol. The average Bonchev–Trinajstić information content (AvgIpc) is 2.66. The van der Waals surface area contributed by atoms with Crippen LogP contribution in [0.1, 0.15) is 17.9 Å². The Hall–Kier alpha value is -1.28. The van der Waals surface area contributed by atoms with Gasteiger partial charge < -0.3 is 10.7 Å². The van der Waals surface area contributed by atoms with Crippen LogP contribution in [0.4, 0.5) is 0 Å². The molecule has 1 aliphatic carbocycles. The number of rotatable bonds is 1. The molecule has 0 spiro atoms. The van der Waals surface area contributed by atoms with E-state index in [-0.39, 0.29) is 0 Å². The lowest BCUT2D eigenvalue weighted by atomic mass is 10.1. The third kappa shape index (κ3) is 0.988. The smallest absolute Gasteiger partial charge is 0.0456 e. The number of fused-ring (bicyclic) bond motifs is 1. The zero-order valence-corrected chi connectivity index (χ0v) is 7.33. The van der Waals surface area contributed by atoms with Crippen LogP contribution in [0.3, 0.4) is 0 Å². The fourth-order valence-electron chi connectivity index (χ4n) is 2.01. The summed E-state index contributed by atoms with van der Waals surface area (Å²) in [5.41, 5.74) is 8.48. The maximum Gasteiger partial charge on any atom is 0.0456 e. The van der Waals surface area contributed by atoms with Gasteiger partial charge in [-0.3, -0.25) is 0 Å². The molecule has 1 saturated carbocycles. The topological polar surface area (TPSA) is 41.8 Å². The third-order valence-electron chi connectivity index (χ3n) is 2.87. The van der Waals surface area contributed by atoms with Gasteiger partial charge in [0, 0.05) is 29.1 Å². The summed E-state index contributed by atoms with van der Waals surface area (Å²) in [5.74, 6) is 0.597. The number of aromatic nitrogens is 1. The molecule has 3 rings (SSSR count). The average molecular weight is 172 g/mol. The predicted octanol–water partition coefficient (Wildman–Crippen LogP) is 1.98. The van der Waals surface area contributed by atoms with E-state index in [0.717, 1.165) is 6.42 Å². The molecule has 0 radical (unpaired) electrons. The molecule has 1 heterocycles. The van der Waals surface area contributed by atoms with Crippen molar-refractivity contribution in [3.63, 3.8) is 0 Å². The summed E-state index contributed by atoms with van der Waals surface area (Å²) in [6.45, 7) is 0. The van der Waals surface area contributed by atoms with Gasteiger partial charge in [-0.15, -0.1) is 0 Å². The Labute approximate surface area is 76.8 Å². The van der Waals surface area contributed by atoms with Gasteiger partial charge in [0.2, 0.25) is 0 Å². The summed E-state index contributed by atoms with van der Waals surface area (Å²) < 4.78 is 0. The van der Waals surface area contributed by atoms with E-state index in [1.165, 1.54) is 16.5 Å². The predicted molar refractivity (Wildman–Crippen MR) is 53.6 cm³/mol. The molecule has 0 aliphatic heterocycles. The van der Waals surface area contributed by atoms with Crippen LogP contribution < -0.4 is 5.73 Å². The number of hydrogen-bond acceptors (Lipinski definition) is 1. The highest BCUT2D eigenvalue weighted by Gasteiger charge is 2.35. The van der Waals surface area contributed by atoms with Crippen molar-refractivity contribution in [1.82, 2.24) is 4.98 Å². The Bertz CT molecular complexity index is 444. The molecule has 0 unspecified atom stereocenters. The van der Waals surface area contributed by atoms with E-state index in [1.54, 1.807) is 0 Å². The van der Waals surface area contributed by atoms with Crippen LogP contribution in [0.2, 0.25) is 0 Å². The number of aromatic amines is 1. The SMILES string of the molecule is N[C@@H]1C[C@H]1c1cccc2[nH]ccc12. The van der Waals surface area contributed by atoms with E-state index in [1.807, 2.05) is 6.20 Å². The zero-order valence-electron chi connectivity index (χ0n) is 7.33. The summed E-state index contributed by atoms with van der Waals surface area (Å²) in [5, 5.41) is 1.33. The second-order valence-corrected chi connectivity index (χ2v) is 3.79. The number of hydrogen-bond donors (Lipinski definition) is 2. The molecule has 66 valence electrons. The molecule has 1 aromatic heterocycles. The lowest BCUT2D eigenvalue weighted by Gasteiger charge is -2.00. The van der Waals surface area contributed by atoms with Crippen molar-refractivity contribution in [1.29, 1.82) is 0 Å². The number of benzene rings is 1. The third-order valence-corrected chi connectivity index (χ3v) is 2.87. The molecule has 2 heteroatoms. The van der Waals surface area contributed by atoms with E-state index >= 15 is 0 Å². The Kier molecular flexibility index (Phi) is 1.30. The molecular formula is C11H12N2. The second kappa shape index (κ2) is 2.36. The van der Waals surface area contributed by atoms with Crippen LogP contribution in [0.25, 0.3) is 10.9 Å². The van der Waals surface area contributed by atoms with Crippen LogP contribution in [0, 0.1) is 0 Å². The number of nitrogens with two attached hydrogens (primary N) is 1. The van der Waals surface area contributed by atoms with Crippen molar-refractivity contribution in [2.45, 2.75) is 18.4 Å². The quantitative estimate of drug-likeness (QED) is 0.678. The highest BCUT2D eigenvalue weighted by Crippen LogP contribution is 2.41. The van der Waals surface area contributed by atoms with Crippen LogP contribution in [-0.4, -0.2) is 11.0 Å². The fraction of sp³-hybridized carbons (Fsp3) is 0.273. The lowest BCUT2D eigenvalue weighted by Crippen LogP contribution is -2.00. The van der Waals surface area contributed by atoms with Gasteiger partial charge in [-0.2, -0.15) is 0 Å². The largest absolute Gasteiger partial charge is 0.361 e. The van der Waals surface area contributed by atoms with Crippen LogP contribution in [0.15, 0.2) is 30.5 Å². The van der Waals surface area contributed by atoms with Gasteiger partial charge in [0.15, 0.2) is 0 Å². The molecule has 0 bridgehead atoms. The molecule has 13 heavy (non-hydrogen) atoms. The van der Waals surface area contributed by atoms with E-state index in [9.17, 15) is 0 Å². The zero-order chi connectivity index (χ0) is 8.84. The van der Waals surface area contributed by atoms with Crippen LogP contribution in [0.5, 0.6) is 0 Å². The van der Waals surface area contributed by atoms with Crippen LogP contribution >= 0.6 is 0 Å². The van der Waals surface area contributed by atoms with Gasteiger partial charge in [0.25, 0.3) is 0 Å². The van der Waals surface area contributed by atoms with Crippen molar-refractivity contribution in [2.75, 3.05) is 0 Å². The molecule has 1 aliphatic rings. The summed E-state index contributed by atoms with van der Waals surface area (Å²) >= 11 is 0. The number of nitrogens with one attached hydrogen (secondary N) is 1. The van der Waals surface area contributed by atoms with Crippen LogP contribution in [-0.2, 0) is 0 Å². The molecule has 3 N–H and O–H groups in total. The van der Waals surface area contributed by atoms with E-state index in [4.69, 9.17) is 5.73 Å². The van der Waals surface area contributed by atoms with Gasteiger partial charge in [-0.05, 0) is 24.1 Å². The molecule has 0 amide bonds. The molecule has 1 aromatic carbocycles. The normalized spacial score (nSPS) is 26.5. The molecule has 2 nitrogen and oxygen atoms in total. The molecule has 1 fully saturated rings. The molecule has 2 atom stereocenters. The first-order chi connectivity index (χ1) is 6.36. The Morgan fingerprint density at radius 1 is 1.31 bits per heavy atom. The first-order valence-corrected chi connectivity index (χ1v) is 4.68. The highest BCUT2D eigenvalue weighted by molar-refractivity contribution is 5.84. The van der Waals surface area contributed by atoms with E-state index in [0.29, 0.717) is 12.0 Å². The van der Waals surface area contributed by atoms with Crippen molar-refractivity contribution in [2.24, 2.45) is 5.73 Å². The molecule has 2 aromatic rings. The summed E-state index contributed by atoms with van der Waals surface area (Å²) in [6, 6.07) is 8.91. The van der Waals surface area contributed by atoms with E-state index < -0.39 is 0 Å². The summed E-state index contributed by atoms with van der Waals surface area (Å²) in [7, 11) is 0. The minimum atomic E-state index is 0.389. The van der Waals surface area contributed by atoms with Gasteiger partial charge in [0.1, 0.15) is 0 Å². The first-order valence-electron chi connectivity index (χ1n) is 4.68. The van der Waals surface area contributed by atoms with Crippen molar-refractivity contribution in [3.05, 3.63) is 36.0 Å². The summed E-state index contributed by atoms with van der Waals surface area (Å²) in [6.07, 6.45) is 3.13. The van der Waals surface area contributed by atoms with Gasteiger partial charge in [-0.25, -0.2) is 0 Å². The minimum absolute atomic E-state index is 0.389. The standard InChI is InChI=1S/C11H12N2/c12-10-6-9(10)7-2-1-3-11-8(7)4-5-13-11/h1-5,9-10,13H,6,12H2/t9-,10+/m0/s1. The number of H-pyrrole nitrogens is 1.